The standard InChI is InChI=1S/C11H10BrN3OS/c1-7(8-3-2-4-9(12)5-8)14-11(16)10-6-13-17-15-10/h2-7H,1H3,(H,14,16). The number of carbonyl (C=O) groups is 1. The van der Waals surface area contributed by atoms with E-state index in [0.29, 0.717) is 5.69 Å². The van der Waals surface area contributed by atoms with Crippen molar-refractivity contribution in [2.24, 2.45) is 0 Å². The molecule has 0 bridgehead atoms. The van der Waals surface area contributed by atoms with Gasteiger partial charge in [-0.25, -0.2) is 0 Å². The van der Waals surface area contributed by atoms with E-state index in [4.69, 9.17) is 0 Å². The Morgan fingerprint density at radius 1 is 1.53 bits per heavy atom. The van der Waals surface area contributed by atoms with Gasteiger partial charge in [0, 0.05) is 4.47 Å². The molecule has 0 saturated heterocycles. The number of rotatable bonds is 3. The van der Waals surface area contributed by atoms with E-state index in [9.17, 15) is 4.79 Å². The van der Waals surface area contributed by atoms with Gasteiger partial charge in [0.2, 0.25) is 0 Å². The van der Waals surface area contributed by atoms with Crippen LogP contribution in [-0.2, 0) is 0 Å². The summed E-state index contributed by atoms with van der Waals surface area (Å²) in [7, 11) is 0. The third-order valence-corrected chi connectivity index (χ3v) is 3.26. The van der Waals surface area contributed by atoms with Gasteiger partial charge in [0.05, 0.1) is 24.0 Å². The maximum Gasteiger partial charge on any atom is 0.273 e. The van der Waals surface area contributed by atoms with Gasteiger partial charge in [-0.3, -0.25) is 4.79 Å². The fourth-order valence-electron chi connectivity index (χ4n) is 1.39. The second-order valence-corrected chi connectivity index (χ2v) is 5.02. The number of benzene rings is 1. The van der Waals surface area contributed by atoms with E-state index in [1.807, 2.05) is 31.2 Å². The Hall–Kier alpha value is -1.27. The summed E-state index contributed by atoms with van der Waals surface area (Å²) in [4.78, 5) is 11.8. The second kappa shape index (κ2) is 5.37. The van der Waals surface area contributed by atoms with Gasteiger partial charge in [-0.1, -0.05) is 28.1 Å². The van der Waals surface area contributed by atoms with Crippen molar-refractivity contribution in [1.29, 1.82) is 0 Å². The van der Waals surface area contributed by atoms with E-state index in [0.717, 1.165) is 21.8 Å². The molecule has 1 heterocycles. The monoisotopic (exact) mass is 311 g/mol. The van der Waals surface area contributed by atoms with Crippen LogP contribution in [0.1, 0.15) is 29.0 Å². The third kappa shape index (κ3) is 3.10. The van der Waals surface area contributed by atoms with Crippen molar-refractivity contribution in [3.05, 3.63) is 46.2 Å². The molecule has 0 aliphatic rings. The van der Waals surface area contributed by atoms with E-state index < -0.39 is 0 Å². The van der Waals surface area contributed by atoms with Gasteiger partial charge in [-0.15, -0.1) is 0 Å². The highest BCUT2D eigenvalue weighted by Gasteiger charge is 2.13. The van der Waals surface area contributed by atoms with Gasteiger partial charge in [0.25, 0.3) is 5.91 Å². The maximum atomic E-state index is 11.8. The van der Waals surface area contributed by atoms with Gasteiger partial charge < -0.3 is 5.32 Å². The van der Waals surface area contributed by atoms with Crippen LogP contribution < -0.4 is 5.32 Å². The van der Waals surface area contributed by atoms with Gasteiger partial charge in [-0.05, 0) is 24.6 Å². The van der Waals surface area contributed by atoms with Gasteiger partial charge >= 0.3 is 0 Å². The predicted molar refractivity (Wildman–Crippen MR) is 69.9 cm³/mol. The molecule has 1 aromatic heterocycles. The van der Waals surface area contributed by atoms with Crippen LogP contribution in [0.15, 0.2) is 34.9 Å². The van der Waals surface area contributed by atoms with Crippen LogP contribution in [0.3, 0.4) is 0 Å². The minimum atomic E-state index is -0.203. The first-order valence-electron chi connectivity index (χ1n) is 5.00. The first-order valence-corrected chi connectivity index (χ1v) is 6.53. The van der Waals surface area contributed by atoms with Crippen molar-refractivity contribution in [2.75, 3.05) is 0 Å². The first-order chi connectivity index (χ1) is 8.16. The molecular formula is C11H10BrN3OS. The first kappa shape index (κ1) is 12.2. The van der Waals surface area contributed by atoms with Crippen molar-refractivity contribution in [1.82, 2.24) is 14.1 Å². The van der Waals surface area contributed by atoms with E-state index in [2.05, 4.69) is 30.0 Å². The summed E-state index contributed by atoms with van der Waals surface area (Å²) in [5, 5.41) is 2.87. The van der Waals surface area contributed by atoms with Crippen LogP contribution >= 0.6 is 27.7 Å². The van der Waals surface area contributed by atoms with Crippen LogP contribution in [0.4, 0.5) is 0 Å². The minimum Gasteiger partial charge on any atom is -0.344 e. The number of hydrogen-bond donors (Lipinski definition) is 1. The SMILES string of the molecule is CC(NC(=O)c1cnsn1)c1cccc(Br)c1. The van der Waals surface area contributed by atoms with Crippen molar-refractivity contribution >= 4 is 33.6 Å². The molecule has 88 valence electrons. The van der Waals surface area contributed by atoms with Crippen molar-refractivity contribution in [3.8, 4) is 0 Å². The maximum absolute atomic E-state index is 11.8. The highest BCUT2D eigenvalue weighted by molar-refractivity contribution is 9.10. The van der Waals surface area contributed by atoms with Crippen molar-refractivity contribution in [3.63, 3.8) is 0 Å². The summed E-state index contributed by atoms with van der Waals surface area (Å²) in [6.45, 7) is 1.93. The lowest BCUT2D eigenvalue weighted by Gasteiger charge is -2.13. The molecule has 0 aliphatic carbocycles. The molecule has 0 radical (unpaired) electrons. The van der Waals surface area contributed by atoms with Crippen molar-refractivity contribution < 1.29 is 4.79 Å². The summed E-state index contributed by atoms with van der Waals surface area (Å²) >= 11 is 4.43. The van der Waals surface area contributed by atoms with Crippen LogP contribution in [0.5, 0.6) is 0 Å². The zero-order chi connectivity index (χ0) is 12.3. The van der Waals surface area contributed by atoms with E-state index in [1.165, 1.54) is 6.20 Å². The van der Waals surface area contributed by atoms with Gasteiger partial charge in [-0.2, -0.15) is 8.75 Å². The highest BCUT2D eigenvalue weighted by Crippen LogP contribution is 2.18. The lowest BCUT2D eigenvalue weighted by atomic mass is 10.1. The molecule has 1 atom stereocenters. The van der Waals surface area contributed by atoms with E-state index in [-0.39, 0.29) is 11.9 Å². The Morgan fingerprint density at radius 3 is 3.00 bits per heavy atom. The molecule has 1 aromatic carbocycles. The molecule has 0 fully saturated rings. The quantitative estimate of drug-likeness (QED) is 0.948. The zero-order valence-electron chi connectivity index (χ0n) is 9.05. The minimum absolute atomic E-state index is 0.0679. The second-order valence-electron chi connectivity index (χ2n) is 3.54. The van der Waals surface area contributed by atoms with Crippen LogP contribution in [-0.4, -0.2) is 14.7 Å². The summed E-state index contributed by atoms with van der Waals surface area (Å²) < 4.78 is 8.68. The summed E-state index contributed by atoms with van der Waals surface area (Å²) in [6, 6.07) is 7.76. The Kier molecular flexibility index (Phi) is 3.86. The fraction of sp³-hybridized carbons (Fsp3) is 0.182. The molecular weight excluding hydrogens is 302 g/mol. The lowest BCUT2D eigenvalue weighted by Crippen LogP contribution is -2.26. The Labute approximate surface area is 112 Å². The number of amides is 1. The molecule has 2 aromatic rings. The predicted octanol–water partition coefficient (Wildman–Crippen LogP) is 2.79. The molecule has 1 unspecified atom stereocenters. The number of nitrogens with zero attached hydrogens (tertiary/aromatic N) is 2. The normalized spacial score (nSPS) is 12.1. The molecule has 6 heteroatoms. The average Bonchev–Trinajstić information content (AvgIpc) is 2.82. The number of hydrogen-bond acceptors (Lipinski definition) is 4. The van der Waals surface area contributed by atoms with Crippen molar-refractivity contribution in [2.45, 2.75) is 13.0 Å². The van der Waals surface area contributed by atoms with E-state index >= 15 is 0 Å². The van der Waals surface area contributed by atoms with Gasteiger partial charge in [0.15, 0.2) is 5.69 Å². The van der Waals surface area contributed by atoms with E-state index in [1.54, 1.807) is 0 Å². The molecule has 0 spiro atoms. The summed E-state index contributed by atoms with van der Waals surface area (Å²) in [5.74, 6) is -0.203. The molecule has 4 nitrogen and oxygen atoms in total. The number of halogens is 1. The molecule has 17 heavy (non-hydrogen) atoms. The third-order valence-electron chi connectivity index (χ3n) is 2.29. The molecule has 1 amide bonds. The lowest BCUT2D eigenvalue weighted by molar-refractivity contribution is 0.0936. The van der Waals surface area contributed by atoms with Crippen LogP contribution in [0.2, 0.25) is 0 Å². The smallest absolute Gasteiger partial charge is 0.273 e. The largest absolute Gasteiger partial charge is 0.344 e. The Bertz CT molecular complexity index is 515. The van der Waals surface area contributed by atoms with Crippen LogP contribution in [0, 0.1) is 0 Å². The summed E-state index contributed by atoms with van der Waals surface area (Å²) in [6.07, 6.45) is 1.47. The number of nitrogens with one attached hydrogen (secondary N) is 1. The Morgan fingerprint density at radius 2 is 2.35 bits per heavy atom. The number of carbonyl (C=O) groups excluding carboxylic acids is 1. The zero-order valence-corrected chi connectivity index (χ0v) is 11.5. The Balaban J connectivity index is 2.07. The fourth-order valence-corrected chi connectivity index (χ4v) is 2.22. The molecule has 1 N–H and O–H groups in total. The topological polar surface area (TPSA) is 54.9 Å². The highest BCUT2D eigenvalue weighted by atomic mass is 79.9. The van der Waals surface area contributed by atoms with Gasteiger partial charge in [0.1, 0.15) is 0 Å². The number of aromatic nitrogens is 2. The molecule has 2 rings (SSSR count). The molecule has 0 aliphatic heterocycles. The average molecular weight is 312 g/mol. The summed E-state index contributed by atoms with van der Waals surface area (Å²) in [5.41, 5.74) is 1.40. The molecule has 0 saturated carbocycles. The van der Waals surface area contributed by atoms with Crippen LogP contribution in [0.25, 0.3) is 0 Å².